The number of halogens is 2. The second kappa shape index (κ2) is 6.16. The summed E-state index contributed by atoms with van der Waals surface area (Å²) in [4.78, 5) is 10.9. The van der Waals surface area contributed by atoms with Crippen molar-refractivity contribution in [3.05, 3.63) is 10.7 Å². The van der Waals surface area contributed by atoms with Crippen molar-refractivity contribution in [3.8, 4) is 5.88 Å². The van der Waals surface area contributed by atoms with Gasteiger partial charge >= 0.3 is 0 Å². The molecule has 0 radical (unpaired) electrons. The molecule has 1 saturated heterocycles. The fourth-order valence-corrected chi connectivity index (χ4v) is 2.56. The van der Waals surface area contributed by atoms with Crippen LogP contribution in [-0.2, 0) is 4.74 Å². The second-order valence-corrected chi connectivity index (χ2v) is 5.64. The first-order chi connectivity index (χ1) is 8.65. The van der Waals surface area contributed by atoms with Crippen molar-refractivity contribution in [3.63, 3.8) is 0 Å². The van der Waals surface area contributed by atoms with Gasteiger partial charge in [0, 0.05) is 11.9 Å². The van der Waals surface area contributed by atoms with Gasteiger partial charge in [-0.3, -0.25) is 0 Å². The summed E-state index contributed by atoms with van der Waals surface area (Å²) in [7, 11) is 1.60. The fraction of sp³-hybridized carbons (Fsp3) is 0.636. The van der Waals surface area contributed by atoms with Crippen molar-refractivity contribution in [1.29, 1.82) is 0 Å². The molecule has 0 spiro atoms. The Morgan fingerprint density at radius 3 is 3.06 bits per heavy atom. The molecule has 0 N–H and O–H groups in total. The molecule has 0 aliphatic carbocycles. The molecule has 100 valence electrons. The van der Waals surface area contributed by atoms with Crippen molar-refractivity contribution < 1.29 is 9.47 Å². The molecule has 1 aromatic heterocycles. The summed E-state index contributed by atoms with van der Waals surface area (Å²) >= 11 is 6.80. The third-order valence-corrected chi connectivity index (χ3v) is 4.09. The standard InChI is InChI=1S/C11H15Br2N3O2/c1-7-6-18-8(3-12)5-16(7)11-14-4-9(13)10(15-11)17-2/h4,7-8H,3,5-6H2,1-2H3. The number of nitrogens with zero attached hydrogens (tertiary/aromatic N) is 3. The van der Waals surface area contributed by atoms with E-state index in [9.17, 15) is 0 Å². The van der Waals surface area contributed by atoms with E-state index in [4.69, 9.17) is 9.47 Å². The van der Waals surface area contributed by atoms with Crippen LogP contribution >= 0.6 is 31.9 Å². The van der Waals surface area contributed by atoms with Crippen LogP contribution in [0.3, 0.4) is 0 Å². The molecule has 2 rings (SSSR count). The van der Waals surface area contributed by atoms with Crippen molar-refractivity contribution in [2.45, 2.75) is 19.1 Å². The lowest BCUT2D eigenvalue weighted by atomic mass is 10.2. The van der Waals surface area contributed by atoms with Crippen LogP contribution in [0.15, 0.2) is 10.7 Å². The first-order valence-corrected chi connectivity index (χ1v) is 7.58. The molecule has 0 bridgehead atoms. The first kappa shape index (κ1) is 14.0. The zero-order valence-corrected chi connectivity index (χ0v) is 13.4. The Balaban J connectivity index is 2.23. The van der Waals surface area contributed by atoms with E-state index in [-0.39, 0.29) is 12.1 Å². The zero-order chi connectivity index (χ0) is 13.1. The van der Waals surface area contributed by atoms with E-state index in [0.717, 1.165) is 16.3 Å². The van der Waals surface area contributed by atoms with Crippen LogP contribution < -0.4 is 9.64 Å². The predicted molar refractivity (Wildman–Crippen MR) is 76.6 cm³/mol. The van der Waals surface area contributed by atoms with Crippen LogP contribution in [0.1, 0.15) is 6.92 Å². The third-order valence-electron chi connectivity index (χ3n) is 2.83. The average molecular weight is 381 g/mol. The number of morpholine rings is 1. The van der Waals surface area contributed by atoms with E-state index in [0.29, 0.717) is 18.4 Å². The summed E-state index contributed by atoms with van der Waals surface area (Å²) in [5.74, 6) is 1.23. The van der Waals surface area contributed by atoms with Crippen LogP contribution in [-0.4, -0.2) is 47.7 Å². The molecule has 1 aliphatic rings. The maximum atomic E-state index is 5.69. The minimum Gasteiger partial charge on any atom is -0.480 e. The molecule has 1 aromatic rings. The van der Waals surface area contributed by atoms with Gasteiger partial charge in [0.05, 0.1) is 36.5 Å². The largest absolute Gasteiger partial charge is 0.480 e. The number of rotatable bonds is 3. The smallest absolute Gasteiger partial charge is 0.232 e. The Kier molecular flexibility index (Phi) is 4.80. The van der Waals surface area contributed by atoms with E-state index < -0.39 is 0 Å². The highest BCUT2D eigenvalue weighted by molar-refractivity contribution is 9.10. The summed E-state index contributed by atoms with van der Waals surface area (Å²) in [6.45, 7) is 3.55. The summed E-state index contributed by atoms with van der Waals surface area (Å²) in [5.41, 5.74) is 0. The van der Waals surface area contributed by atoms with E-state index in [1.54, 1.807) is 13.3 Å². The molecule has 5 nitrogen and oxygen atoms in total. The topological polar surface area (TPSA) is 47.5 Å². The number of alkyl halides is 1. The van der Waals surface area contributed by atoms with Gasteiger partial charge in [-0.05, 0) is 22.9 Å². The summed E-state index contributed by atoms with van der Waals surface area (Å²) in [6, 6.07) is 0.256. The van der Waals surface area contributed by atoms with Gasteiger partial charge in [-0.2, -0.15) is 4.98 Å². The summed E-state index contributed by atoms with van der Waals surface area (Å²) < 4.78 is 11.6. The van der Waals surface area contributed by atoms with Crippen LogP contribution in [0.5, 0.6) is 5.88 Å². The molecule has 1 fully saturated rings. The predicted octanol–water partition coefficient (Wildman–Crippen LogP) is 2.24. The van der Waals surface area contributed by atoms with E-state index >= 15 is 0 Å². The minimum absolute atomic E-state index is 0.166. The lowest BCUT2D eigenvalue weighted by molar-refractivity contribution is 0.0372. The summed E-state index contributed by atoms with van der Waals surface area (Å²) in [5, 5.41) is 0.809. The van der Waals surface area contributed by atoms with Crippen molar-refractivity contribution in [2.75, 3.05) is 30.5 Å². The van der Waals surface area contributed by atoms with Crippen molar-refractivity contribution >= 4 is 37.8 Å². The molecule has 1 aliphatic heterocycles. The molecule has 2 heterocycles. The van der Waals surface area contributed by atoms with Gasteiger partial charge in [0.2, 0.25) is 11.8 Å². The molecular formula is C11H15Br2N3O2. The van der Waals surface area contributed by atoms with Crippen LogP contribution in [0, 0.1) is 0 Å². The van der Waals surface area contributed by atoms with Crippen LogP contribution in [0.2, 0.25) is 0 Å². The molecule has 2 atom stereocenters. The number of hydrogen-bond donors (Lipinski definition) is 0. The lowest BCUT2D eigenvalue weighted by Crippen LogP contribution is -2.49. The van der Waals surface area contributed by atoms with Gasteiger partial charge in [-0.25, -0.2) is 4.98 Å². The number of methoxy groups -OCH3 is 1. The highest BCUT2D eigenvalue weighted by Gasteiger charge is 2.27. The van der Waals surface area contributed by atoms with Gasteiger partial charge in [-0.15, -0.1) is 0 Å². The van der Waals surface area contributed by atoms with Gasteiger partial charge in [0.25, 0.3) is 0 Å². The van der Waals surface area contributed by atoms with Crippen molar-refractivity contribution in [2.24, 2.45) is 0 Å². The average Bonchev–Trinajstić information content (AvgIpc) is 2.40. The Morgan fingerprint density at radius 2 is 2.39 bits per heavy atom. The highest BCUT2D eigenvalue weighted by atomic mass is 79.9. The van der Waals surface area contributed by atoms with Gasteiger partial charge in [-0.1, -0.05) is 15.9 Å². The molecule has 18 heavy (non-hydrogen) atoms. The van der Waals surface area contributed by atoms with Gasteiger partial charge in [0.15, 0.2) is 0 Å². The fourth-order valence-electron chi connectivity index (χ4n) is 1.81. The maximum Gasteiger partial charge on any atom is 0.232 e. The Morgan fingerprint density at radius 1 is 1.61 bits per heavy atom. The van der Waals surface area contributed by atoms with Crippen LogP contribution in [0.4, 0.5) is 5.95 Å². The SMILES string of the molecule is COc1nc(N2CC(CBr)OCC2C)ncc1Br. The normalized spacial score (nSPS) is 24.1. The molecule has 2 unspecified atom stereocenters. The quantitative estimate of drug-likeness (QED) is 0.752. The molecule has 7 heteroatoms. The van der Waals surface area contributed by atoms with E-state index in [2.05, 4.69) is 53.7 Å². The monoisotopic (exact) mass is 379 g/mol. The summed E-state index contributed by atoms with van der Waals surface area (Å²) in [6.07, 6.45) is 1.88. The van der Waals surface area contributed by atoms with E-state index in [1.165, 1.54) is 0 Å². The highest BCUT2D eigenvalue weighted by Crippen LogP contribution is 2.25. The lowest BCUT2D eigenvalue weighted by Gasteiger charge is -2.37. The Bertz CT molecular complexity index is 419. The van der Waals surface area contributed by atoms with Gasteiger partial charge in [0.1, 0.15) is 0 Å². The molecular weight excluding hydrogens is 366 g/mol. The number of aromatic nitrogens is 2. The first-order valence-electron chi connectivity index (χ1n) is 5.66. The zero-order valence-electron chi connectivity index (χ0n) is 10.3. The number of ether oxygens (including phenoxy) is 2. The molecule has 0 saturated carbocycles. The molecule has 0 amide bonds. The molecule has 0 aromatic carbocycles. The van der Waals surface area contributed by atoms with E-state index in [1.807, 2.05) is 0 Å². The second-order valence-electron chi connectivity index (χ2n) is 4.14. The number of hydrogen-bond acceptors (Lipinski definition) is 5. The Labute approximate surface area is 123 Å². The minimum atomic E-state index is 0.166. The van der Waals surface area contributed by atoms with Gasteiger partial charge < -0.3 is 14.4 Å². The van der Waals surface area contributed by atoms with Crippen molar-refractivity contribution in [1.82, 2.24) is 9.97 Å². The Hall–Kier alpha value is -0.400. The number of anilines is 1. The van der Waals surface area contributed by atoms with Crippen LogP contribution in [0.25, 0.3) is 0 Å². The third kappa shape index (κ3) is 2.95. The maximum absolute atomic E-state index is 5.69.